The Bertz CT molecular complexity index is 924. The van der Waals surface area contributed by atoms with Crippen LogP contribution in [-0.4, -0.2) is 40.8 Å². The van der Waals surface area contributed by atoms with E-state index in [4.69, 9.17) is 14.2 Å². The summed E-state index contributed by atoms with van der Waals surface area (Å²) in [5, 5.41) is 0. The van der Waals surface area contributed by atoms with Crippen molar-refractivity contribution < 1.29 is 27.4 Å². The molecule has 144 valence electrons. The second-order valence-electron chi connectivity index (χ2n) is 5.96. The summed E-state index contributed by atoms with van der Waals surface area (Å²) in [6.45, 7) is 4.08. The van der Waals surface area contributed by atoms with E-state index in [0.717, 1.165) is 9.87 Å². The molecule has 0 fully saturated rings. The first kappa shape index (κ1) is 19.0. The molecular weight excluding hydrogens is 370 g/mol. The Hall–Kier alpha value is -2.74. The van der Waals surface area contributed by atoms with Crippen LogP contribution in [0.3, 0.4) is 0 Å². The molecular formula is C19H21NO6S. The molecule has 27 heavy (non-hydrogen) atoms. The van der Waals surface area contributed by atoms with Gasteiger partial charge in [0.1, 0.15) is 19.8 Å². The number of benzene rings is 2. The van der Waals surface area contributed by atoms with E-state index in [1.165, 1.54) is 12.1 Å². The van der Waals surface area contributed by atoms with Crippen LogP contribution in [0.4, 0.5) is 5.69 Å². The molecule has 1 heterocycles. The van der Waals surface area contributed by atoms with E-state index in [-0.39, 0.29) is 11.5 Å². The first-order valence-corrected chi connectivity index (χ1v) is 10.0. The second kappa shape index (κ2) is 7.87. The number of esters is 1. The lowest BCUT2D eigenvalue weighted by Gasteiger charge is -2.25. The maximum absolute atomic E-state index is 13.3. The van der Waals surface area contributed by atoms with Gasteiger partial charge in [-0.05, 0) is 38.1 Å². The van der Waals surface area contributed by atoms with Crippen LogP contribution in [0.2, 0.25) is 0 Å². The molecule has 0 amide bonds. The summed E-state index contributed by atoms with van der Waals surface area (Å²) >= 11 is 0. The Kier molecular flexibility index (Phi) is 5.55. The van der Waals surface area contributed by atoms with Gasteiger partial charge in [0.2, 0.25) is 0 Å². The summed E-state index contributed by atoms with van der Waals surface area (Å²) in [7, 11) is -4.02. The molecule has 0 aliphatic carbocycles. The normalized spacial score (nSPS) is 13.1. The number of nitrogens with zero attached hydrogens (tertiary/aromatic N) is 1. The molecule has 1 aliphatic heterocycles. The van der Waals surface area contributed by atoms with E-state index in [1.807, 2.05) is 6.92 Å². The standard InChI is InChI=1S/C19H21NO6S/c1-3-24-19(21)13-20(15-6-4-14(2)5-7-15)27(22,23)16-8-9-17-18(12-16)26-11-10-25-17/h4-9,12H,3,10-11,13H2,1-2H3. The minimum Gasteiger partial charge on any atom is -0.486 e. The number of fused-ring (bicyclic) bond motifs is 1. The van der Waals surface area contributed by atoms with E-state index in [1.54, 1.807) is 37.3 Å². The minimum absolute atomic E-state index is 0.0108. The van der Waals surface area contributed by atoms with Crippen molar-refractivity contribution >= 4 is 21.7 Å². The van der Waals surface area contributed by atoms with Crippen LogP contribution in [0, 0.1) is 6.92 Å². The lowest BCUT2D eigenvalue weighted by atomic mass is 10.2. The quantitative estimate of drug-likeness (QED) is 0.704. The van der Waals surface area contributed by atoms with Gasteiger partial charge in [0.15, 0.2) is 11.5 Å². The molecule has 0 saturated carbocycles. The third-order valence-corrected chi connectivity index (χ3v) is 5.77. The van der Waals surface area contributed by atoms with E-state index in [9.17, 15) is 13.2 Å². The van der Waals surface area contributed by atoms with Gasteiger partial charge in [-0.3, -0.25) is 9.10 Å². The van der Waals surface area contributed by atoms with Crippen LogP contribution in [0.5, 0.6) is 11.5 Å². The van der Waals surface area contributed by atoms with Crippen LogP contribution >= 0.6 is 0 Å². The number of hydrogen-bond acceptors (Lipinski definition) is 6. The summed E-state index contributed by atoms with van der Waals surface area (Å²) in [4.78, 5) is 12.0. The molecule has 0 radical (unpaired) electrons. The summed E-state index contributed by atoms with van der Waals surface area (Å²) in [5.74, 6) is 0.231. The number of aryl methyl sites for hydroxylation is 1. The van der Waals surface area contributed by atoms with Crippen molar-refractivity contribution in [2.45, 2.75) is 18.7 Å². The van der Waals surface area contributed by atoms with Crippen molar-refractivity contribution in [3.63, 3.8) is 0 Å². The molecule has 0 saturated heterocycles. The monoisotopic (exact) mass is 391 g/mol. The minimum atomic E-state index is -4.02. The first-order valence-electron chi connectivity index (χ1n) is 8.56. The zero-order valence-corrected chi connectivity index (χ0v) is 16.0. The van der Waals surface area contributed by atoms with E-state index in [2.05, 4.69) is 0 Å². The van der Waals surface area contributed by atoms with Gasteiger partial charge in [0, 0.05) is 6.07 Å². The molecule has 2 aromatic carbocycles. The van der Waals surface area contributed by atoms with Crippen molar-refractivity contribution in [1.82, 2.24) is 0 Å². The summed E-state index contributed by atoms with van der Waals surface area (Å²) < 4.78 is 43.4. The van der Waals surface area contributed by atoms with Gasteiger partial charge in [0.05, 0.1) is 17.2 Å². The maximum atomic E-state index is 13.3. The largest absolute Gasteiger partial charge is 0.486 e. The average molecular weight is 391 g/mol. The molecule has 0 spiro atoms. The molecule has 0 atom stereocenters. The number of ether oxygens (including phenoxy) is 3. The van der Waals surface area contributed by atoms with E-state index < -0.39 is 22.5 Å². The second-order valence-corrected chi connectivity index (χ2v) is 7.82. The van der Waals surface area contributed by atoms with Gasteiger partial charge in [-0.25, -0.2) is 8.42 Å². The molecule has 8 heteroatoms. The topological polar surface area (TPSA) is 82.1 Å². The predicted molar refractivity (Wildman–Crippen MR) is 99.8 cm³/mol. The van der Waals surface area contributed by atoms with Crippen molar-refractivity contribution in [2.24, 2.45) is 0 Å². The summed E-state index contributed by atoms with van der Waals surface area (Å²) in [5.41, 5.74) is 1.36. The fourth-order valence-electron chi connectivity index (χ4n) is 2.66. The van der Waals surface area contributed by atoms with Gasteiger partial charge in [-0.2, -0.15) is 0 Å². The van der Waals surface area contributed by atoms with Crippen molar-refractivity contribution in [3.05, 3.63) is 48.0 Å². The number of rotatable bonds is 6. The Balaban J connectivity index is 2.01. The Morgan fingerprint density at radius 1 is 1.07 bits per heavy atom. The number of sulfonamides is 1. The average Bonchev–Trinajstić information content (AvgIpc) is 2.66. The summed E-state index contributed by atoms with van der Waals surface area (Å²) in [6, 6.07) is 11.3. The van der Waals surface area contributed by atoms with Crippen molar-refractivity contribution in [3.8, 4) is 11.5 Å². The Morgan fingerprint density at radius 3 is 2.41 bits per heavy atom. The van der Waals surface area contributed by atoms with E-state index in [0.29, 0.717) is 30.4 Å². The predicted octanol–water partition coefficient (Wildman–Crippen LogP) is 2.52. The van der Waals surface area contributed by atoms with Crippen LogP contribution in [0.15, 0.2) is 47.4 Å². The number of carbonyl (C=O) groups excluding carboxylic acids is 1. The molecule has 0 bridgehead atoms. The van der Waals surface area contributed by atoms with Crippen LogP contribution in [-0.2, 0) is 19.6 Å². The maximum Gasteiger partial charge on any atom is 0.326 e. The first-order chi connectivity index (χ1) is 12.9. The van der Waals surface area contributed by atoms with Gasteiger partial charge in [-0.1, -0.05) is 17.7 Å². The fraction of sp³-hybridized carbons (Fsp3) is 0.316. The van der Waals surface area contributed by atoms with Crippen LogP contribution in [0.1, 0.15) is 12.5 Å². The third kappa shape index (κ3) is 4.16. The molecule has 0 aromatic heterocycles. The number of carbonyl (C=O) groups is 1. The Morgan fingerprint density at radius 2 is 1.74 bits per heavy atom. The van der Waals surface area contributed by atoms with Gasteiger partial charge >= 0.3 is 5.97 Å². The lowest BCUT2D eigenvalue weighted by molar-refractivity contribution is -0.141. The summed E-state index contributed by atoms with van der Waals surface area (Å²) in [6.07, 6.45) is 0. The number of hydrogen-bond donors (Lipinski definition) is 0. The van der Waals surface area contributed by atoms with Gasteiger partial charge in [-0.15, -0.1) is 0 Å². The molecule has 0 unspecified atom stereocenters. The molecule has 3 rings (SSSR count). The zero-order valence-electron chi connectivity index (χ0n) is 15.2. The highest BCUT2D eigenvalue weighted by Crippen LogP contribution is 2.34. The smallest absolute Gasteiger partial charge is 0.326 e. The van der Waals surface area contributed by atoms with Crippen molar-refractivity contribution in [1.29, 1.82) is 0 Å². The van der Waals surface area contributed by atoms with Gasteiger partial charge < -0.3 is 14.2 Å². The molecule has 2 aromatic rings. The fourth-order valence-corrected chi connectivity index (χ4v) is 4.09. The van der Waals surface area contributed by atoms with Crippen LogP contribution in [0.25, 0.3) is 0 Å². The zero-order chi connectivity index (χ0) is 19.4. The highest BCUT2D eigenvalue weighted by Gasteiger charge is 2.29. The van der Waals surface area contributed by atoms with Crippen molar-refractivity contribution in [2.75, 3.05) is 30.7 Å². The third-order valence-electron chi connectivity index (χ3n) is 4.00. The van der Waals surface area contributed by atoms with E-state index >= 15 is 0 Å². The molecule has 1 aliphatic rings. The highest BCUT2D eigenvalue weighted by atomic mass is 32.2. The Labute approximate surface area is 158 Å². The SMILES string of the molecule is CCOC(=O)CN(c1ccc(C)cc1)S(=O)(=O)c1ccc2c(c1)OCCO2. The lowest BCUT2D eigenvalue weighted by Crippen LogP contribution is -2.36. The highest BCUT2D eigenvalue weighted by molar-refractivity contribution is 7.92. The number of anilines is 1. The molecule has 0 N–H and O–H groups in total. The molecule has 7 nitrogen and oxygen atoms in total. The van der Waals surface area contributed by atoms with Crippen LogP contribution < -0.4 is 13.8 Å². The van der Waals surface area contributed by atoms with Gasteiger partial charge in [0.25, 0.3) is 10.0 Å².